The van der Waals surface area contributed by atoms with Crippen LogP contribution in [-0.2, 0) is 9.53 Å². The molecule has 1 saturated heterocycles. The average molecular weight is 342 g/mol. The van der Waals surface area contributed by atoms with E-state index in [1.807, 2.05) is 24.3 Å². The van der Waals surface area contributed by atoms with Crippen molar-refractivity contribution in [2.24, 2.45) is 5.92 Å². The van der Waals surface area contributed by atoms with Crippen LogP contribution in [0.4, 0.5) is 5.82 Å². The molecular formula is C17H18N4O4. The van der Waals surface area contributed by atoms with Crippen molar-refractivity contribution >= 4 is 22.6 Å². The zero-order chi connectivity index (χ0) is 17.4. The van der Waals surface area contributed by atoms with Crippen LogP contribution < -0.4 is 4.90 Å². The molecule has 0 N–H and O–H groups in total. The summed E-state index contributed by atoms with van der Waals surface area (Å²) in [6, 6.07) is 7.22. The van der Waals surface area contributed by atoms with E-state index in [0.29, 0.717) is 32.4 Å². The van der Waals surface area contributed by atoms with Gasteiger partial charge in [0.25, 0.3) is 0 Å². The van der Waals surface area contributed by atoms with E-state index < -0.39 is 22.9 Å². The first-order chi connectivity index (χ1) is 12.1. The van der Waals surface area contributed by atoms with Crippen molar-refractivity contribution in [3.63, 3.8) is 0 Å². The lowest BCUT2D eigenvalue weighted by Gasteiger charge is -2.32. The predicted molar refractivity (Wildman–Crippen MR) is 89.8 cm³/mol. The standard InChI is InChI=1S/C17H18N4O4/c22-17(14-9-15(14)21(23)24)25-12-5-7-20(8-6-12)16-13-4-2-1-3-11(13)10-18-19-16/h1-4,10,12,14-15H,5-9H2/t14-,15-/m1/s1. The van der Waals surface area contributed by atoms with Crippen molar-refractivity contribution in [1.29, 1.82) is 0 Å². The first kappa shape index (κ1) is 15.7. The van der Waals surface area contributed by atoms with Crippen molar-refractivity contribution in [2.45, 2.75) is 31.4 Å². The van der Waals surface area contributed by atoms with Gasteiger partial charge in [-0.2, -0.15) is 5.10 Å². The fourth-order valence-corrected chi connectivity index (χ4v) is 3.35. The number of carbonyl (C=O) groups is 1. The van der Waals surface area contributed by atoms with Crippen molar-refractivity contribution < 1.29 is 14.5 Å². The molecule has 0 radical (unpaired) electrons. The highest BCUT2D eigenvalue weighted by molar-refractivity contribution is 5.91. The normalized spacial score (nSPS) is 23.4. The lowest BCUT2D eigenvalue weighted by Crippen LogP contribution is -2.38. The van der Waals surface area contributed by atoms with Crippen LogP contribution in [0.1, 0.15) is 19.3 Å². The number of aromatic nitrogens is 2. The van der Waals surface area contributed by atoms with Gasteiger partial charge in [0.15, 0.2) is 5.82 Å². The van der Waals surface area contributed by atoms with Gasteiger partial charge in [0, 0.05) is 48.0 Å². The molecule has 1 aliphatic carbocycles. The second kappa shape index (κ2) is 6.27. The number of nitro groups is 1. The molecule has 2 aromatic rings. The summed E-state index contributed by atoms with van der Waals surface area (Å²) in [5.74, 6) is -0.138. The van der Waals surface area contributed by atoms with E-state index in [2.05, 4.69) is 15.1 Å². The Labute approximate surface area is 143 Å². The average Bonchev–Trinajstić information content (AvgIpc) is 3.43. The number of ether oxygens (including phenoxy) is 1. The molecule has 1 aromatic carbocycles. The van der Waals surface area contributed by atoms with Gasteiger partial charge in [0.05, 0.1) is 6.20 Å². The molecule has 1 aromatic heterocycles. The fourth-order valence-electron chi connectivity index (χ4n) is 3.35. The molecule has 1 saturated carbocycles. The van der Waals surface area contributed by atoms with Crippen LogP contribution in [-0.4, -0.2) is 46.3 Å². The molecule has 0 bridgehead atoms. The van der Waals surface area contributed by atoms with Crippen LogP contribution in [0.3, 0.4) is 0 Å². The summed E-state index contributed by atoms with van der Waals surface area (Å²) < 4.78 is 5.46. The smallest absolute Gasteiger partial charge is 0.316 e. The number of fused-ring (bicyclic) bond motifs is 1. The van der Waals surface area contributed by atoms with E-state index in [4.69, 9.17) is 4.74 Å². The number of benzene rings is 1. The minimum Gasteiger partial charge on any atom is -0.462 e. The van der Waals surface area contributed by atoms with Crippen molar-refractivity contribution in [3.8, 4) is 0 Å². The molecular weight excluding hydrogens is 324 g/mol. The third-order valence-electron chi connectivity index (χ3n) is 4.91. The Bertz CT molecular complexity index is 814. The van der Waals surface area contributed by atoms with E-state index in [1.165, 1.54) is 0 Å². The summed E-state index contributed by atoms with van der Waals surface area (Å²) in [4.78, 5) is 24.4. The topological polar surface area (TPSA) is 98.5 Å². The van der Waals surface area contributed by atoms with Gasteiger partial charge in [0.2, 0.25) is 6.04 Å². The second-order valence-electron chi connectivity index (χ2n) is 6.57. The van der Waals surface area contributed by atoms with E-state index in [1.54, 1.807) is 6.20 Å². The van der Waals surface area contributed by atoms with E-state index in [0.717, 1.165) is 16.6 Å². The molecule has 0 unspecified atom stereocenters. The van der Waals surface area contributed by atoms with Crippen molar-refractivity contribution in [3.05, 3.63) is 40.6 Å². The minimum absolute atomic E-state index is 0.181. The monoisotopic (exact) mass is 342 g/mol. The molecule has 4 rings (SSSR count). The maximum Gasteiger partial charge on any atom is 0.316 e. The largest absolute Gasteiger partial charge is 0.462 e. The summed E-state index contributed by atoms with van der Waals surface area (Å²) >= 11 is 0. The van der Waals surface area contributed by atoms with Gasteiger partial charge in [-0.05, 0) is 0 Å². The first-order valence-electron chi connectivity index (χ1n) is 8.43. The predicted octanol–water partition coefficient (Wildman–Crippen LogP) is 1.81. The van der Waals surface area contributed by atoms with Crippen LogP contribution in [0, 0.1) is 16.0 Å². The third-order valence-corrected chi connectivity index (χ3v) is 4.91. The van der Waals surface area contributed by atoms with Crippen LogP contribution in [0.15, 0.2) is 30.5 Å². The molecule has 2 aliphatic rings. The maximum atomic E-state index is 12.0. The zero-order valence-corrected chi connectivity index (χ0v) is 13.6. The number of nitrogens with zero attached hydrogens (tertiary/aromatic N) is 4. The Kier molecular flexibility index (Phi) is 3.95. The molecule has 0 amide bonds. The van der Waals surface area contributed by atoms with E-state index in [-0.39, 0.29) is 6.10 Å². The molecule has 25 heavy (non-hydrogen) atoms. The van der Waals surface area contributed by atoms with E-state index in [9.17, 15) is 14.9 Å². The Morgan fingerprint density at radius 1 is 1.28 bits per heavy atom. The number of anilines is 1. The zero-order valence-electron chi connectivity index (χ0n) is 13.6. The van der Waals surface area contributed by atoms with Crippen LogP contribution in [0.2, 0.25) is 0 Å². The molecule has 2 atom stereocenters. The van der Waals surface area contributed by atoms with Gasteiger partial charge in [-0.15, -0.1) is 5.10 Å². The van der Waals surface area contributed by atoms with E-state index >= 15 is 0 Å². The van der Waals surface area contributed by atoms with Gasteiger partial charge in [-0.25, -0.2) is 0 Å². The van der Waals surface area contributed by atoms with Crippen LogP contribution in [0.25, 0.3) is 10.8 Å². The number of hydrogen-bond acceptors (Lipinski definition) is 7. The highest BCUT2D eigenvalue weighted by Crippen LogP contribution is 2.35. The summed E-state index contributed by atoms with van der Waals surface area (Å²) in [5.41, 5.74) is 0. The maximum absolute atomic E-state index is 12.0. The molecule has 2 fully saturated rings. The summed E-state index contributed by atoms with van der Waals surface area (Å²) in [7, 11) is 0. The summed E-state index contributed by atoms with van der Waals surface area (Å²) in [5, 5.41) is 21.1. The lowest BCUT2D eigenvalue weighted by atomic mass is 10.1. The Morgan fingerprint density at radius 2 is 2.04 bits per heavy atom. The van der Waals surface area contributed by atoms with Crippen molar-refractivity contribution in [1.82, 2.24) is 10.2 Å². The molecule has 8 nitrogen and oxygen atoms in total. The SMILES string of the molecule is O=C(OC1CCN(c2nncc3ccccc23)CC1)[C@@H]1C[C@H]1[N+](=O)[O-]. The Hall–Kier alpha value is -2.77. The Balaban J connectivity index is 1.37. The molecule has 1 aliphatic heterocycles. The lowest BCUT2D eigenvalue weighted by molar-refractivity contribution is -0.497. The van der Waals surface area contributed by atoms with Crippen LogP contribution in [0.5, 0.6) is 0 Å². The minimum atomic E-state index is -0.751. The van der Waals surface area contributed by atoms with Gasteiger partial charge in [-0.1, -0.05) is 24.3 Å². The van der Waals surface area contributed by atoms with Gasteiger partial charge >= 0.3 is 5.97 Å². The summed E-state index contributed by atoms with van der Waals surface area (Å²) in [6.45, 7) is 1.42. The van der Waals surface area contributed by atoms with Crippen LogP contribution >= 0.6 is 0 Å². The molecule has 0 spiro atoms. The van der Waals surface area contributed by atoms with Gasteiger partial charge < -0.3 is 9.64 Å². The fraction of sp³-hybridized carbons (Fsp3) is 0.471. The highest BCUT2D eigenvalue weighted by atomic mass is 16.6. The first-order valence-corrected chi connectivity index (χ1v) is 8.43. The third kappa shape index (κ3) is 3.11. The number of hydrogen-bond donors (Lipinski definition) is 0. The Morgan fingerprint density at radius 3 is 2.76 bits per heavy atom. The quantitative estimate of drug-likeness (QED) is 0.474. The number of piperidine rings is 1. The second-order valence-corrected chi connectivity index (χ2v) is 6.57. The number of rotatable bonds is 4. The number of carbonyl (C=O) groups excluding carboxylic acids is 1. The molecule has 130 valence electrons. The number of esters is 1. The highest BCUT2D eigenvalue weighted by Gasteiger charge is 2.55. The van der Waals surface area contributed by atoms with Gasteiger partial charge in [-0.3, -0.25) is 14.9 Å². The molecule has 8 heteroatoms. The van der Waals surface area contributed by atoms with Gasteiger partial charge in [0.1, 0.15) is 12.0 Å². The van der Waals surface area contributed by atoms with Crippen molar-refractivity contribution in [2.75, 3.05) is 18.0 Å². The molecule has 2 heterocycles. The summed E-state index contributed by atoms with van der Waals surface area (Å²) in [6.07, 6.45) is 3.24.